The number of carboxylic acids is 1. The van der Waals surface area contributed by atoms with Gasteiger partial charge in [0, 0.05) is 6.42 Å². The highest BCUT2D eigenvalue weighted by Gasteiger charge is 2.13. The molecule has 0 saturated heterocycles. The normalized spacial score (nSPS) is 13.8. The molecule has 0 aliphatic heterocycles. The van der Waals surface area contributed by atoms with E-state index in [1.807, 2.05) is 0 Å². The summed E-state index contributed by atoms with van der Waals surface area (Å²) in [6.45, 7) is 2.15. The van der Waals surface area contributed by atoms with Crippen LogP contribution >= 0.6 is 0 Å². The van der Waals surface area contributed by atoms with Gasteiger partial charge in [-0.25, -0.2) is 4.39 Å². The van der Waals surface area contributed by atoms with Crippen LogP contribution in [-0.2, 0) is 4.79 Å². The van der Waals surface area contributed by atoms with E-state index in [1.165, 1.54) is 25.3 Å². The Labute approximate surface area is 96.5 Å². The van der Waals surface area contributed by atoms with E-state index in [1.54, 1.807) is 0 Å². The zero-order valence-electron chi connectivity index (χ0n) is 9.92. The van der Waals surface area contributed by atoms with Crippen LogP contribution < -0.4 is 5.73 Å². The molecule has 16 heavy (non-hydrogen) atoms. The highest BCUT2D eigenvalue weighted by molar-refractivity contribution is 5.73. The van der Waals surface area contributed by atoms with Gasteiger partial charge in [0.2, 0.25) is 0 Å². The molecule has 0 aromatic carbocycles. The van der Waals surface area contributed by atoms with E-state index in [-0.39, 0.29) is 6.42 Å². The summed E-state index contributed by atoms with van der Waals surface area (Å²) in [5.74, 6) is -1.57. The second-order valence-corrected chi connectivity index (χ2v) is 4.00. The summed E-state index contributed by atoms with van der Waals surface area (Å²) in [4.78, 5) is 10.4. The quantitative estimate of drug-likeness (QED) is 0.599. The fourth-order valence-corrected chi connectivity index (χ4v) is 1.39. The molecule has 0 radical (unpaired) electrons. The van der Waals surface area contributed by atoms with Crippen LogP contribution in [0.5, 0.6) is 0 Å². The SMILES string of the molecule is CCCCCCCC=C(F)CC(N)C(=O)O. The molecule has 0 heterocycles. The zero-order valence-corrected chi connectivity index (χ0v) is 9.92. The van der Waals surface area contributed by atoms with Crippen LogP contribution in [0.1, 0.15) is 51.9 Å². The van der Waals surface area contributed by atoms with Gasteiger partial charge < -0.3 is 10.8 Å². The molecule has 0 saturated carbocycles. The van der Waals surface area contributed by atoms with Crippen LogP contribution in [0.15, 0.2) is 11.9 Å². The van der Waals surface area contributed by atoms with Crippen molar-refractivity contribution in [2.45, 2.75) is 57.9 Å². The molecule has 1 atom stereocenters. The average molecular weight is 231 g/mol. The molecular weight excluding hydrogens is 209 g/mol. The topological polar surface area (TPSA) is 63.3 Å². The smallest absolute Gasteiger partial charge is 0.320 e. The summed E-state index contributed by atoms with van der Waals surface area (Å²) in [6.07, 6.45) is 7.56. The number of halogens is 1. The molecule has 0 spiro atoms. The molecule has 0 aliphatic rings. The number of hydrogen-bond donors (Lipinski definition) is 2. The van der Waals surface area contributed by atoms with Gasteiger partial charge in [-0.3, -0.25) is 4.79 Å². The first-order valence-electron chi connectivity index (χ1n) is 5.90. The average Bonchev–Trinajstić information content (AvgIpc) is 2.23. The van der Waals surface area contributed by atoms with Crippen LogP contribution in [0, 0.1) is 0 Å². The maximum atomic E-state index is 13.1. The van der Waals surface area contributed by atoms with Gasteiger partial charge in [0.15, 0.2) is 0 Å². The molecule has 0 fully saturated rings. The minimum atomic E-state index is -1.16. The van der Waals surface area contributed by atoms with Crippen molar-refractivity contribution in [1.82, 2.24) is 0 Å². The Hall–Kier alpha value is -0.900. The van der Waals surface area contributed by atoms with Crippen molar-refractivity contribution in [1.29, 1.82) is 0 Å². The molecule has 1 unspecified atom stereocenters. The van der Waals surface area contributed by atoms with Gasteiger partial charge in [-0.2, -0.15) is 0 Å². The molecular formula is C12H22FNO2. The molecule has 0 rings (SSSR count). The first-order chi connectivity index (χ1) is 7.57. The van der Waals surface area contributed by atoms with E-state index in [2.05, 4.69) is 6.92 Å². The van der Waals surface area contributed by atoms with Crippen molar-refractivity contribution < 1.29 is 14.3 Å². The second kappa shape index (κ2) is 9.33. The number of rotatable bonds is 9. The largest absolute Gasteiger partial charge is 0.480 e. The Bertz CT molecular complexity index is 229. The van der Waals surface area contributed by atoms with E-state index in [9.17, 15) is 9.18 Å². The first-order valence-corrected chi connectivity index (χ1v) is 5.90. The van der Waals surface area contributed by atoms with Gasteiger partial charge >= 0.3 is 5.97 Å². The third kappa shape index (κ3) is 8.41. The summed E-state index contributed by atoms with van der Waals surface area (Å²) < 4.78 is 13.1. The number of carbonyl (C=O) groups is 1. The monoisotopic (exact) mass is 231 g/mol. The Morgan fingerprint density at radius 2 is 2.00 bits per heavy atom. The fraction of sp³-hybridized carbons (Fsp3) is 0.750. The second-order valence-electron chi connectivity index (χ2n) is 4.00. The van der Waals surface area contributed by atoms with Crippen LogP contribution in [0.2, 0.25) is 0 Å². The lowest BCUT2D eigenvalue weighted by Crippen LogP contribution is -2.29. The Morgan fingerprint density at radius 3 is 2.56 bits per heavy atom. The van der Waals surface area contributed by atoms with Crippen molar-refractivity contribution in [3.8, 4) is 0 Å². The number of aliphatic carboxylic acids is 1. The molecule has 4 heteroatoms. The number of allylic oxidation sites excluding steroid dienone is 1. The summed E-state index contributed by atoms with van der Waals surface area (Å²) in [6, 6.07) is -1.13. The summed E-state index contributed by atoms with van der Waals surface area (Å²) in [5, 5.41) is 8.48. The van der Waals surface area contributed by atoms with E-state index in [0.717, 1.165) is 12.8 Å². The molecule has 3 N–H and O–H groups in total. The van der Waals surface area contributed by atoms with Crippen molar-refractivity contribution in [2.24, 2.45) is 5.73 Å². The van der Waals surface area contributed by atoms with Gasteiger partial charge in [-0.05, 0) is 12.8 Å². The van der Waals surface area contributed by atoms with E-state index in [4.69, 9.17) is 10.8 Å². The summed E-state index contributed by atoms with van der Waals surface area (Å²) in [5.41, 5.74) is 5.21. The Balaban J connectivity index is 3.58. The molecule has 0 amide bonds. The van der Waals surface area contributed by atoms with Gasteiger partial charge in [0.05, 0.1) is 5.83 Å². The molecule has 3 nitrogen and oxygen atoms in total. The van der Waals surface area contributed by atoms with Crippen molar-refractivity contribution in [3.63, 3.8) is 0 Å². The van der Waals surface area contributed by atoms with Gasteiger partial charge in [0.1, 0.15) is 6.04 Å². The maximum Gasteiger partial charge on any atom is 0.320 e. The van der Waals surface area contributed by atoms with Crippen LogP contribution in [0.25, 0.3) is 0 Å². The molecule has 0 bridgehead atoms. The number of nitrogens with two attached hydrogens (primary N) is 1. The van der Waals surface area contributed by atoms with Gasteiger partial charge in [-0.15, -0.1) is 0 Å². The fourth-order valence-electron chi connectivity index (χ4n) is 1.39. The molecule has 94 valence electrons. The lowest BCUT2D eigenvalue weighted by Gasteiger charge is -2.03. The zero-order chi connectivity index (χ0) is 12.4. The maximum absolute atomic E-state index is 13.1. The third-order valence-electron chi connectivity index (χ3n) is 2.41. The predicted octanol–water partition coefficient (Wildman–Crippen LogP) is 3.00. The number of carboxylic acid groups (broad SMARTS) is 1. The van der Waals surface area contributed by atoms with Crippen molar-refractivity contribution in [3.05, 3.63) is 11.9 Å². The first kappa shape index (κ1) is 15.1. The van der Waals surface area contributed by atoms with Crippen LogP contribution in [0.4, 0.5) is 4.39 Å². The highest BCUT2D eigenvalue weighted by Crippen LogP contribution is 2.11. The Kier molecular flexibility index (Phi) is 8.81. The van der Waals surface area contributed by atoms with E-state index in [0.29, 0.717) is 6.42 Å². The summed E-state index contributed by atoms with van der Waals surface area (Å²) in [7, 11) is 0. The molecule has 0 aromatic rings. The number of unbranched alkanes of at least 4 members (excludes halogenated alkanes) is 5. The number of hydrogen-bond acceptors (Lipinski definition) is 2. The molecule has 0 aromatic heterocycles. The lowest BCUT2D eigenvalue weighted by molar-refractivity contribution is -0.138. The van der Waals surface area contributed by atoms with Gasteiger partial charge in [0.25, 0.3) is 0 Å². The predicted molar refractivity (Wildman–Crippen MR) is 62.8 cm³/mol. The Morgan fingerprint density at radius 1 is 1.38 bits per heavy atom. The van der Waals surface area contributed by atoms with Crippen LogP contribution in [-0.4, -0.2) is 17.1 Å². The van der Waals surface area contributed by atoms with E-state index < -0.39 is 17.8 Å². The van der Waals surface area contributed by atoms with E-state index >= 15 is 0 Å². The standard InChI is InChI=1S/C12H22FNO2/c1-2-3-4-5-6-7-8-10(13)9-11(14)12(15)16/h8,11H,2-7,9,14H2,1H3,(H,15,16). The van der Waals surface area contributed by atoms with Crippen LogP contribution in [0.3, 0.4) is 0 Å². The summed E-state index contributed by atoms with van der Waals surface area (Å²) >= 11 is 0. The minimum Gasteiger partial charge on any atom is -0.480 e. The van der Waals surface area contributed by atoms with Gasteiger partial charge in [-0.1, -0.05) is 38.7 Å². The lowest BCUT2D eigenvalue weighted by atomic mass is 10.1. The minimum absolute atomic E-state index is 0.204. The van der Waals surface area contributed by atoms with Crippen molar-refractivity contribution >= 4 is 5.97 Å². The molecule has 0 aliphatic carbocycles. The third-order valence-corrected chi connectivity index (χ3v) is 2.41. The van der Waals surface area contributed by atoms with Crippen molar-refractivity contribution in [2.75, 3.05) is 0 Å². The highest BCUT2D eigenvalue weighted by atomic mass is 19.1.